The molecule has 4 aliphatic rings. The summed E-state index contributed by atoms with van der Waals surface area (Å²) < 4.78 is 2.07. The maximum atomic E-state index is 11.2. The zero-order valence-electron chi connectivity index (χ0n) is 11.8. The number of aromatic nitrogens is 2. The molecule has 6 rings (SSSR count). The molecule has 110 valence electrons. The molecule has 1 N–H and O–H groups in total. The highest BCUT2D eigenvalue weighted by Crippen LogP contribution is 2.60. The Morgan fingerprint density at radius 1 is 1.24 bits per heavy atom. The monoisotopic (exact) mass is 302 g/mol. The first kappa shape index (κ1) is 12.2. The van der Waals surface area contributed by atoms with E-state index < -0.39 is 5.97 Å². The van der Waals surface area contributed by atoms with Crippen LogP contribution in [0.2, 0.25) is 0 Å². The fraction of sp³-hybridized carbons (Fsp3) is 0.625. The topological polar surface area (TPSA) is 54.6 Å². The second-order valence-electron chi connectivity index (χ2n) is 7.40. The van der Waals surface area contributed by atoms with E-state index in [-0.39, 0.29) is 5.69 Å². The quantitative estimate of drug-likeness (QED) is 0.923. The maximum absolute atomic E-state index is 11.2. The Kier molecular flexibility index (Phi) is 2.26. The summed E-state index contributed by atoms with van der Waals surface area (Å²) in [5.41, 5.74) is 1.80. The van der Waals surface area contributed by atoms with Gasteiger partial charge in [-0.15, -0.1) is 11.3 Å². The molecular weight excluding hydrogens is 284 g/mol. The second-order valence-corrected chi connectivity index (χ2v) is 8.24. The second kappa shape index (κ2) is 3.88. The molecule has 4 aliphatic carbocycles. The molecule has 0 saturated heterocycles. The van der Waals surface area contributed by atoms with Gasteiger partial charge in [-0.3, -0.25) is 4.40 Å². The first-order chi connectivity index (χ1) is 10.1. The molecule has 4 nitrogen and oxygen atoms in total. The van der Waals surface area contributed by atoms with Crippen LogP contribution < -0.4 is 0 Å². The van der Waals surface area contributed by atoms with Gasteiger partial charge >= 0.3 is 5.97 Å². The molecule has 0 aliphatic heterocycles. The normalized spacial score (nSPS) is 37.4. The predicted octanol–water partition coefficient (Wildman–Crippen LogP) is 3.56. The minimum atomic E-state index is -0.928. The van der Waals surface area contributed by atoms with Crippen LogP contribution in [0.1, 0.15) is 54.7 Å². The Morgan fingerprint density at radius 2 is 1.86 bits per heavy atom. The van der Waals surface area contributed by atoms with Crippen LogP contribution in [-0.4, -0.2) is 20.5 Å². The van der Waals surface area contributed by atoms with Crippen molar-refractivity contribution in [2.75, 3.05) is 0 Å². The van der Waals surface area contributed by atoms with Crippen molar-refractivity contribution < 1.29 is 9.90 Å². The van der Waals surface area contributed by atoms with Crippen LogP contribution in [0.5, 0.6) is 0 Å². The van der Waals surface area contributed by atoms with Crippen LogP contribution in [0, 0.1) is 17.8 Å². The molecule has 2 aromatic rings. The van der Waals surface area contributed by atoms with Crippen molar-refractivity contribution in [3.63, 3.8) is 0 Å². The summed E-state index contributed by atoms with van der Waals surface area (Å²) in [5.74, 6) is 1.76. The maximum Gasteiger partial charge on any atom is 0.356 e. The van der Waals surface area contributed by atoms with Crippen molar-refractivity contribution in [3.8, 4) is 0 Å². The number of aromatic carboxylic acids is 1. The van der Waals surface area contributed by atoms with Gasteiger partial charge in [0, 0.05) is 22.7 Å². The first-order valence-electron chi connectivity index (χ1n) is 7.83. The third kappa shape index (κ3) is 1.61. The van der Waals surface area contributed by atoms with E-state index in [1.165, 1.54) is 44.2 Å². The number of nitrogens with zero attached hydrogens (tertiary/aromatic N) is 2. The van der Waals surface area contributed by atoms with Crippen molar-refractivity contribution >= 4 is 22.3 Å². The number of hydrogen-bond donors (Lipinski definition) is 1. The number of thiazole rings is 1. The lowest BCUT2D eigenvalue weighted by Gasteiger charge is -2.56. The molecule has 0 amide bonds. The summed E-state index contributed by atoms with van der Waals surface area (Å²) in [6.07, 6.45) is 9.90. The number of fused-ring (bicyclic) bond motifs is 1. The molecule has 2 aromatic heterocycles. The van der Waals surface area contributed by atoms with Gasteiger partial charge < -0.3 is 5.11 Å². The minimum Gasteiger partial charge on any atom is -0.476 e. The van der Waals surface area contributed by atoms with Gasteiger partial charge in [-0.05, 0) is 56.3 Å². The lowest BCUT2D eigenvalue weighted by Crippen LogP contribution is -2.49. The number of hydrogen-bond acceptors (Lipinski definition) is 3. The molecule has 4 bridgehead atoms. The zero-order valence-corrected chi connectivity index (χ0v) is 12.6. The molecule has 0 radical (unpaired) electrons. The predicted molar refractivity (Wildman–Crippen MR) is 79.9 cm³/mol. The van der Waals surface area contributed by atoms with E-state index in [1.807, 2.05) is 0 Å². The highest BCUT2D eigenvalue weighted by Gasteiger charge is 2.52. The standard InChI is InChI=1S/C16H18N2O2S/c19-14(20)12-7-18-13(8-21-15(18)17-12)16-4-9-1-10(5-16)3-11(2-9)6-16/h7-11H,1-6H2,(H,19,20). The Hall–Kier alpha value is -1.36. The third-order valence-electron chi connectivity index (χ3n) is 6.01. The van der Waals surface area contributed by atoms with Crippen LogP contribution >= 0.6 is 11.3 Å². The van der Waals surface area contributed by atoms with E-state index in [2.05, 4.69) is 14.8 Å². The van der Waals surface area contributed by atoms with Gasteiger partial charge in [0.25, 0.3) is 0 Å². The third-order valence-corrected chi connectivity index (χ3v) is 6.85. The van der Waals surface area contributed by atoms with E-state index in [4.69, 9.17) is 5.11 Å². The van der Waals surface area contributed by atoms with Crippen LogP contribution in [0.25, 0.3) is 4.96 Å². The van der Waals surface area contributed by atoms with Crippen molar-refractivity contribution in [2.45, 2.75) is 43.9 Å². The lowest BCUT2D eigenvalue weighted by atomic mass is 9.49. The number of carboxylic acids is 1. The van der Waals surface area contributed by atoms with E-state index in [1.54, 1.807) is 17.5 Å². The van der Waals surface area contributed by atoms with Gasteiger partial charge in [-0.2, -0.15) is 0 Å². The number of carboxylic acid groups (broad SMARTS) is 1. The Morgan fingerprint density at radius 3 is 2.43 bits per heavy atom. The van der Waals surface area contributed by atoms with Crippen molar-refractivity contribution in [2.24, 2.45) is 17.8 Å². The smallest absolute Gasteiger partial charge is 0.356 e. The van der Waals surface area contributed by atoms with Crippen LogP contribution in [0.4, 0.5) is 0 Å². The van der Waals surface area contributed by atoms with Crippen molar-refractivity contribution in [3.05, 3.63) is 23.0 Å². The van der Waals surface area contributed by atoms with Gasteiger partial charge in [0.2, 0.25) is 0 Å². The molecule has 0 spiro atoms. The number of carbonyl (C=O) groups is 1. The van der Waals surface area contributed by atoms with Crippen molar-refractivity contribution in [1.82, 2.24) is 9.38 Å². The molecule has 4 saturated carbocycles. The fourth-order valence-corrected chi connectivity index (χ4v) is 6.69. The summed E-state index contributed by atoms with van der Waals surface area (Å²) in [4.78, 5) is 16.2. The molecule has 4 fully saturated rings. The molecular formula is C16H18N2O2S. The number of rotatable bonds is 2. The van der Waals surface area contributed by atoms with E-state index >= 15 is 0 Å². The Balaban J connectivity index is 1.65. The largest absolute Gasteiger partial charge is 0.476 e. The average Bonchev–Trinajstić information content (AvgIpc) is 2.95. The Bertz CT molecular complexity index is 709. The average molecular weight is 302 g/mol. The Labute approximate surface area is 126 Å². The highest BCUT2D eigenvalue weighted by atomic mass is 32.1. The van der Waals surface area contributed by atoms with Crippen LogP contribution in [-0.2, 0) is 5.41 Å². The molecule has 2 heterocycles. The van der Waals surface area contributed by atoms with Gasteiger partial charge in [0.15, 0.2) is 10.7 Å². The summed E-state index contributed by atoms with van der Waals surface area (Å²) in [6, 6.07) is 0. The SMILES string of the molecule is O=C(O)c1cn2c(C34CC5CC(CC(C5)C3)C4)csc2n1. The number of imidazole rings is 1. The van der Waals surface area contributed by atoms with Gasteiger partial charge in [0.1, 0.15) is 0 Å². The van der Waals surface area contributed by atoms with E-state index in [9.17, 15) is 4.79 Å². The summed E-state index contributed by atoms with van der Waals surface area (Å²) in [7, 11) is 0. The summed E-state index contributed by atoms with van der Waals surface area (Å²) >= 11 is 1.59. The van der Waals surface area contributed by atoms with Gasteiger partial charge in [-0.25, -0.2) is 9.78 Å². The highest BCUT2D eigenvalue weighted by molar-refractivity contribution is 7.15. The molecule has 0 atom stereocenters. The first-order valence-corrected chi connectivity index (χ1v) is 8.71. The van der Waals surface area contributed by atoms with Gasteiger partial charge in [-0.1, -0.05) is 0 Å². The fourth-order valence-electron chi connectivity index (χ4n) is 5.69. The van der Waals surface area contributed by atoms with E-state index in [0.29, 0.717) is 5.41 Å². The summed E-state index contributed by atoms with van der Waals surface area (Å²) in [5, 5.41) is 11.4. The van der Waals surface area contributed by atoms with Gasteiger partial charge in [0.05, 0.1) is 0 Å². The molecule has 5 heteroatoms. The lowest BCUT2D eigenvalue weighted by molar-refractivity contribution is -0.00746. The van der Waals surface area contributed by atoms with Crippen LogP contribution in [0.15, 0.2) is 11.6 Å². The van der Waals surface area contributed by atoms with Crippen LogP contribution in [0.3, 0.4) is 0 Å². The zero-order chi connectivity index (χ0) is 14.2. The van der Waals surface area contributed by atoms with E-state index in [0.717, 1.165) is 22.7 Å². The minimum absolute atomic E-state index is 0.174. The molecule has 21 heavy (non-hydrogen) atoms. The van der Waals surface area contributed by atoms with Crippen molar-refractivity contribution in [1.29, 1.82) is 0 Å². The molecule has 0 aromatic carbocycles. The summed E-state index contributed by atoms with van der Waals surface area (Å²) in [6.45, 7) is 0. The molecule has 0 unspecified atom stereocenters.